The van der Waals surface area contributed by atoms with Gasteiger partial charge in [0.05, 0.1) is 5.60 Å². The maximum absolute atomic E-state index is 10.6. The van der Waals surface area contributed by atoms with Crippen LogP contribution in [0.2, 0.25) is 0 Å². The van der Waals surface area contributed by atoms with E-state index in [2.05, 4.69) is 5.32 Å². The second-order valence-corrected chi connectivity index (χ2v) is 3.61. The maximum atomic E-state index is 10.6. The van der Waals surface area contributed by atoms with E-state index >= 15 is 0 Å². The molecule has 0 radical (unpaired) electrons. The predicted octanol–water partition coefficient (Wildman–Crippen LogP) is 0.404. The first-order valence-electron chi connectivity index (χ1n) is 4.33. The molecule has 1 atom stereocenters. The predicted molar refractivity (Wildman–Crippen MR) is 49.2 cm³/mol. The Kier molecular flexibility index (Phi) is 3.16. The molecule has 1 aliphatic carbocycles. The molecule has 4 nitrogen and oxygen atoms in total. The standard InChI is InChI=1S/C8H13NO3.ClH/c10-7(11)6-4-9-5-8(12-6)2-1-3-8;/h6,9H,1-5H2,(H,10,11);1H. The fourth-order valence-corrected chi connectivity index (χ4v) is 1.82. The molecule has 0 bridgehead atoms. The number of aliphatic carboxylic acids is 1. The Hall–Kier alpha value is -0.320. The van der Waals surface area contributed by atoms with Crippen LogP contribution in [0.15, 0.2) is 0 Å². The van der Waals surface area contributed by atoms with Gasteiger partial charge in [0, 0.05) is 13.1 Å². The second-order valence-electron chi connectivity index (χ2n) is 3.61. The molecule has 13 heavy (non-hydrogen) atoms. The van der Waals surface area contributed by atoms with Gasteiger partial charge in [-0.2, -0.15) is 0 Å². The van der Waals surface area contributed by atoms with Gasteiger partial charge in [-0.15, -0.1) is 12.4 Å². The number of hydrogen-bond acceptors (Lipinski definition) is 3. The molecule has 1 saturated carbocycles. The van der Waals surface area contributed by atoms with Crippen LogP contribution < -0.4 is 5.32 Å². The third-order valence-electron chi connectivity index (χ3n) is 2.71. The van der Waals surface area contributed by atoms with Gasteiger partial charge in [0.15, 0.2) is 6.10 Å². The van der Waals surface area contributed by atoms with E-state index in [1.807, 2.05) is 0 Å². The molecule has 1 spiro atoms. The SMILES string of the molecule is Cl.O=C(O)C1CNCC2(CCC2)O1. The molecule has 5 heteroatoms. The normalized spacial score (nSPS) is 30.3. The highest BCUT2D eigenvalue weighted by atomic mass is 35.5. The minimum absolute atomic E-state index is 0. The van der Waals surface area contributed by atoms with E-state index in [1.54, 1.807) is 0 Å². The van der Waals surface area contributed by atoms with Gasteiger partial charge in [-0.1, -0.05) is 0 Å². The summed E-state index contributed by atoms with van der Waals surface area (Å²) < 4.78 is 5.51. The molecule has 1 saturated heterocycles. The maximum Gasteiger partial charge on any atom is 0.334 e. The zero-order valence-corrected chi connectivity index (χ0v) is 8.10. The Bertz CT molecular complexity index is 206. The summed E-state index contributed by atoms with van der Waals surface area (Å²) in [6.07, 6.45) is 2.53. The Morgan fingerprint density at radius 3 is 2.69 bits per heavy atom. The first kappa shape index (κ1) is 10.8. The van der Waals surface area contributed by atoms with Crippen molar-refractivity contribution in [1.82, 2.24) is 5.32 Å². The topological polar surface area (TPSA) is 58.6 Å². The van der Waals surface area contributed by atoms with Gasteiger partial charge in [-0.05, 0) is 19.3 Å². The van der Waals surface area contributed by atoms with Gasteiger partial charge in [0.1, 0.15) is 0 Å². The second kappa shape index (κ2) is 3.82. The first-order chi connectivity index (χ1) is 5.72. The summed E-state index contributed by atoms with van der Waals surface area (Å²) in [7, 11) is 0. The lowest BCUT2D eigenvalue weighted by Gasteiger charge is -2.46. The van der Waals surface area contributed by atoms with Gasteiger partial charge >= 0.3 is 5.97 Å². The lowest BCUT2D eigenvalue weighted by molar-refractivity contribution is -0.185. The van der Waals surface area contributed by atoms with E-state index in [4.69, 9.17) is 9.84 Å². The van der Waals surface area contributed by atoms with Crippen LogP contribution in [0.5, 0.6) is 0 Å². The first-order valence-corrected chi connectivity index (χ1v) is 4.33. The Balaban J connectivity index is 0.000000845. The summed E-state index contributed by atoms with van der Waals surface area (Å²) in [5.41, 5.74) is -0.138. The average Bonchev–Trinajstić information content (AvgIpc) is 2.02. The fraction of sp³-hybridized carbons (Fsp3) is 0.875. The summed E-state index contributed by atoms with van der Waals surface area (Å²) in [6.45, 7) is 1.26. The van der Waals surface area contributed by atoms with Crippen LogP contribution in [-0.4, -0.2) is 35.9 Å². The lowest BCUT2D eigenvalue weighted by atomic mass is 9.79. The zero-order chi connectivity index (χ0) is 8.60. The van der Waals surface area contributed by atoms with E-state index in [9.17, 15) is 4.79 Å². The molecule has 76 valence electrons. The van der Waals surface area contributed by atoms with Crippen molar-refractivity contribution in [1.29, 1.82) is 0 Å². The van der Waals surface area contributed by atoms with Gasteiger partial charge in [-0.3, -0.25) is 0 Å². The third-order valence-corrected chi connectivity index (χ3v) is 2.71. The van der Waals surface area contributed by atoms with Crippen LogP contribution in [0.4, 0.5) is 0 Å². The molecule has 2 N–H and O–H groups in total. The van der Waals surface area contributed by atoms with Crippen molar-refractivity contribution in [2.45, 2.75) is 31.0 Å². The van der Waals surface area contributed by atoms with Crippen LogP contribution in [-0.2, 0) is 9.53 Å². The van der Waals surface area contributed by atoms with Crippen molar-refractivity contribution in [2.75, 3.05) is 13.1 Å². The number of rotatable bonds is 1. The largest absolute Gasteiger partial charge is 0.479 e. The number of halogens is 1. The molecule has 2 rings (SSSR count). The molecule has 0 aromatic heterocycles. The van der Waals surface area contributed by atoms with Crippen LogP contribution in [0.25, 0.3) is 0 Å². The summed E-state index contributed by atoms with van der Waals surface area (Å²) in [6, 6.07) is 0. The lowest BCUT2D eigenvalue weighted by Crippen LogP contribution is -2.59. The summed E-state index contributed by atoms with van der Waals surface area (Å²) >= 11 is 0. The van der Waals surface area contributed by atoms with Crippen molar-refractivity contribution in [3.63, 3.8) is 0 Å². The number of carboxylic acids is 1. The number of hydrogen-bond donors (Lipinski definition) is 2. The van der Waals surface area contributed by atoms with Gasteiger partial charge in [0.2, 0.25) is 0 Å². The number of nitrogens with one attached hydrogen (secondary N) is 1. The van der Waals surface area contributed by atoms with E-state index in [1.165, 1.54) is 0 Å². The van der Waals surface area contributed by atoms with E-state index in [0.717, 1.165) is 25.8 Å². The van der Waals surface area contributed by atoms with E-state index < -0.39 is 12.1 Å². The van der Waals surface area contributed by atoms with Gasteiger partial charge in [0.25, 0.3) is 0 Å². The molecule has 2 fully saturated rings. The number of carboxylic acid groups (broad SMARTS) is 1. The van der Waals surface area contributed by atoms with Gasteiger partial charge < -0.3 is 15.2 Å². The number of ether oxygens (including phenoxy) is 1. The van der Waals surface area contributed by atoms with Crippen LogP contribution >= 0.6 is 12.4 Å². The monoisotopic (exact) mass is 207 g/mol. The summed E-state index contributed by atoms with van der Waals surface area (Å²) in [4.78, 5) is 10.6. The van der Waals surface area contributed by atoms with Crippen molar-refractivity contribution in [2.24, 2.45) is 0 Å². The molecule has 0 amide bonds. The highest BCUT2D eigenvalue weighted by Crippen LogP contribution is 2.37. The van der Waals surface area contributed by atoms with Crippen LogP contribution in [0, 0.1) is 0 Å². The molecular formula is C8H14ClNO3. The molecule has 1 aliphatic heterocycles. The molecule has 0 aromatic rings. The van der Waals surface area contributed by atoms with Crippen LogP contribution in [0.3, 0.4) is 0 Å². The number of morpholine rings is 1. The van der Waals surface area contributed by atoms with Crippen LogP contribution in [0.1, 0.15) is 19.3 Å². The average molecular weight is 208 g/mol. The molecule has 1 unspecified atom stereocenters. The molecule has 2 aliphatic rings. The minimum atomic E-state index is -0.853. The van der Waals surface area contributed by atoms with Gasteiger partial charge in [-0.25, -0.2) is 4.79 Å². The Morgan fingerprint density at radius 1 is 1.54 bits per heavy atom. The van der Waals surface area contributed by atoms with E-state index in [0.29, 0.717) is 6.54 Å². The van der Waals surface area contributed by atoms with Crippen molar-refractivity contribution >= 4 is 18.4 Å². The molecule has 0 aromatic carbocycles. The highest BCUT2D eigenvalue weighted by molar-refractivity contribution is 5.85. The number of carbonyl (C=O) groups is 1. The van der Waals surface area contributed by atoms with E-state index in [-0.39, 0.29) is 18.0 Å². The highest BCUT2D eigenvalue weighted by Gasteiger charge is 2.44. The Morgan fingerprint density at radius 2 is 2.23 bits per heavy atom. The van der Waals surface area contributed by atoms with Crippen molar-refractivity contribution in [3.8, 4) is 0 Å². The Labute approximate surface area is 83.1 Å². The fourth-order valence-electron chi connectivity index (χ4n) is 1.82. The molecule has 1 heterocycles. The minimum Gasteiger partial charge on any atom is -0.479 e. The third kappa shape index (κ3) is 1.95. The smallest absolute Gasteiger partial charge is 0.334 e. The quantitative estimate of drug-likeness (QED) is 0.654. The summed E-state index contributed by atoms with van der Waals surface area (Å²) in [5.74, 6) is -0.853. The molecular weight excluding hydrogens is 194 g/mol. The van der Waals surface area contributed by atoms with Crippen molar-refractivity contribution in [3.05, 3.63) is 0 Å². The van der Waals surface area contributed by atoms with Crippen molar-refractivity contribution < 1.29 is 14.6 Å². The summed E-state index contributed by atoms with van der Waals surface area (Å²) in [5, 5.41) is 11.8. The zero-order valence-electron chi connectivity index (χ0n) is 7.28.